The number of hydrogen-bond donors (Lipinski definition) is 2. The molecular weight excluding hydrogens is 384 g/mol. The van der Waals surface area contributed by atoms with E-state index in [1.807, 2.05) is 18.2 Å². The Labute approximate surface area is 165 Å². The molecule has 0 spiro atoms. The largest absolute Gasteiger partial charge is 0.350 e. The molecule has 138 valence electrons. The first-order valence-electron chi connectivity index (χ1n) is 8.34. The molecule has 2 N–H and O–H groups in total. The minimum absolute atomic E-state index is 0.115. The Morgan fingerprint density at radius 3 is 2.44 bits per heavy atom. The Balaban J connectivity index is 1.49. The summed E-state index contributed by atoms with van der Waals surface area (Å²) < 4.78 is 0. The third-order valence-electron chi connectivity index (χ3n) is 3.67. The highest BCUT2D eigenvalue weighted by Gasteiger charge is 2.17. The molecule has 0 atom stereocenters. The molecule has 0 saturated carbocycles. The van der Waals surface area contributed by atoms with E-state index in [0.29, 0.717) is 17.3 Å². The lowest BCUT2D eigenvalue weighted by molar-refractivity contribution is 0.0951. The maximum Gasteiger partial charge on any atom is 0.286 e. The summed E-state index contributed by atoms with van der Waals surface area (Å²) in [6.45, 7) is 0.525. The predicted octanol–water partition coefficient (Wildman–Crippen LogP) is 3.81. The number of aryl methyl sites for hydroxylation is 1. The third kappa shape index (κ3) is 5.60. The molecule has 6 nitrogen and oxygen atoms in total. The minimum atomic E-state index is -0.433. The second kappa shape index (κ2) is 9.25. The average molecular weight is 401 g/mol. The van der Waals surface area contributed by atoms with E-state index in [9.17, 15) is 9.59 Å². The molecule has 1 heterocycles. The molecule has 0 bridgehead atoms. The molecule has 27 heavy (non-hydrogen) atoms. The lowest BCUT2D eigenvalue weighted by Gasteiger charge is -2.03. The van der Waals surface area contributed by atoms with E-state index < -0.39 is 5.91 Å². The van der Waals surface area contributed by atoms with Crippen molar-refractivity contribution in [2.24, 2.45) is 0 Å². The summed E-state index contributed by atoms with van der Waals surface area (Å²) in [6, 6.07) is 16.8. The zero-order valence-electron chi connectivity index (χ0n) is 14.3. The molecule has 3 rings (SSSR count). The zero-order valence-corrected chi connectivity index (χ0v) is 15.9. The molecule has 0 aliphatic carbocycles. The van der Waals surface area contributed by atoms with Gasteiger partial charge in [0.25, 0.3) is 11.8 Å². The monoisotopic (exact) mass is 400 g/mol. The number of hydrogen-bond acceptors (Lipinski definition) is 5. The van der Waals surface area contributed by atoms with Crippen LogP contribution in [0.25, 0.3) is 0 Å². The molecule has 8 heteroatoms. The van der Waals surface area contributed by atoms with Gasteiger partial charge in [-0.3, -0.25) is 9.59 Å². The Hall–Kier alpha value is -2.77. The fraction of sp³-hybridized carbons (Fsp3) is 0.158. The number of rotatable bonds is 7. The number of anilines is 1. The van der Waals surface area contributed by atoms with Crippen LogP contribution in [0, 0.1) is 0 Å². The number of amides is 2. The van der Waals surface area contributed by atoms with E-state index in [1.54, 1.807) is 24.3 Å². The van der Waals surface area contributed by atoms with Crippen LogP contribution in [-0.4, -0.2) is 28.6 Å². The van der Waals surface area contributed by atoms with Crippen molar-refractivity contribution in [2.75, 3.05) is 11.9 Å². The molecule has 0 saturated heterocycles. The molecule has 0 aliphatic rings. The van der Waals surface area contributed by atoms with Crippen LogP contribution in [0.2, 0.25) is 5.02 Å². The summed E-state index contributed by atoms with van der Waals surface area (Å²) in [4.78, 5) is 24.3. The van der Waals surface area contributed by atoms with Crippen molar-refractivity contribution in [3.63, 3.8) is 0 Å². The van der Waals surface area contributed by atoms with Gasteiger partial charge < -0.3 is 10.6 Å². The van der Waals surface area contributed by atoms with Crippen LogP contribution >= 0.6 is 22.9 Å². The quantitative estimate of drug-likeness (QED) is 0.591. The van der Waals surface area contributed by atoms with Crippen LogP contribution in [0.3, 0.4) is 0 Å². The normalized spacial score (nSPS) is 10.4. The van der Waals surface area contributed by atoms with Crippen molar-refractivity contribution in [1.82, 2.24) is 15.5 Å². The molecule has 0 radical (unpaired) electrons. The number of carbonyl (C=O) groups excluding carboxylic acids is 2. The number of halogens is 1. The minimum Gasteiger partial charge on any atom is -0.350 e. The third-order valence-corrected chi connectivity index (χ3v) is 4.82. The van der Waals surface area contributed by atoms with E-state index in [2.05, 4.69) is 33.0 Å². The van der Waals surface area contributed by atoms with Crippen LogP contribution in [0.5, 0.6) is 0 Å². The number of nitrogens with zero attached hydrogens (tertiary/aromatic N) is 2. The van der Waals surface area contributed by atoms with Crippen LogP contribution in [0.15, 0.2) is 54.6 Å². The first-order chi connectivity index (χ1) is 13.1. The first-order valence-corrected chi connectivity index (χ1v) is 9.54. The Morgan fingerprint density at radius 2 is 1.70 bits per heavy atom. The molecule has 0 aliphatic heterocycles. The van der Waals surface area contributed by atoms with Gasteiger partial charge in [-0.1, -0.05) is 59.3 Å². The lowest BCUT2D eigenvalue weighted by atomic mass is 10.1. The van der Waals surface area contributed by atoms with Gasteiger partial charge in [-0.25, -0.2) is 0 Å². The molecule has 2 amide bonds. The van der Waals surface area contributed by atoms with E-state index in [1.165, 1.54) is 5.56 Å². The average Bonchev–Trinajstić information content (AvgIpc) is 3.16. The summed E-state index contributed by atoms with van der Waals surface area (Å²) in [5, 5.41) is 13.9. The van der Waals surface area contributed by atoms with Crippen LogP contribution < -0.4 is 10.6 Å². The van der Waals surface area contributed by atoms with Gasteiger partial charge in [-0.15, -0.1) is 10.2 Å². The molecule has 0 unspecified atom stereocenters. The Morgan fingerprint density at radius 1 is 0.963 bits per heavy atom. The van der Waals surface area contributed by atoms with E-state index >= 15 is 0 Å². The lowest BCUT2D eigenvalue weighted by Crippen LogP contribution is -2.24. The summed E-state index contributed by atoms with van der Waals surface area (Å²) in [6.07, 6.45) is 1.70. The first kappa shape index (κ1) is 19.0. The highest BCUT2D eigenvalue weighted by atomic mass is 35.5. The van der Waals surface area contributed by atoms with Gasteiger partial charge in [0.2, 0.25) is 10.0 Å². The Kier molecular flexibility index (Phi) is 6.51. The fourth-order valence-corrected chi connectivity index (χ4v) is 3.22. The standard InChI is InChI=1S/C19H17ClN4O2S/c20-14-9-4-10-15(12-14)22-17(26)19-24-23-18(27-19)16(25)21-11-5-8-13-6-2-1-3-7-13/h1-4,6-7,9-10,12H,5,8,11H2,(H,21,25)(H,22,26). The molecule has 3 aromatic rings. The number of carbonyl (C=O) groups is 2. The second-order valence-electron chi connectivity index (χ2n) is 5.72. The van der Waals surface area contributed by atoms with Gasteiger partial charge in [0, 0.05) is 17.3 Å². The summed E-state index contributed by atoms with van der Waals surface area (Å²) in [7, 11) is 0. The van der Waals surface area contributed by atoms with Crippen molar-refractivity contribution in [1.29, 1.82) is 0 Å². The smallest absolute Gasteiger partial charge is 0.286 e. The summed E-state index contributed by atoms with van der Waals surface area (Å²) in [5.74, 6) is -0.764. The van der Waals surface area contributed by atoms with Crippen molar-refractivity contribution in [3.8, 4) is 0 Å². The van der Waals surface area contributed by atoms with Crippen LogP contribution in [-0.2, 0) is 6.42 Å². The number of aromatic nitrogens is 2. The van der Waals surface area contributed by atoms with Crippen LogP contribution in [0.1, 0.15) is 31.6 Å². The van der Waals surface area contributed by atoms with E-state index in [0.717, 1.165) is 24.2 Å². The van der Waals surface area contributed by atoms with Gasteiger partial charge in [0.05, 0.1) is 0 Å². The van der Waals surface area contributed by atoms with Crippen LogP contribution in [0.4, 0.5) is 5.69 Å². The van der Waals surface area contributed by atoms with E-state index in [4.69, 9.17) is 11.6 Å². The number of nitrogens with one attached hydrogen (secondary N) is 2. The zero-order chi connectivity index (χ0) is 19.1. The van der Waals surface area contributed by atoms with Crippen molar-refractivity contribution < 1.29 is 9.59 Å². The topological polar surface area (TPSA) is 84.0 Å². The van der Waals surface area contributed by atoms with Crippen molar-refractivity contribution in [3.05, 3.63) is 75.2 Å². The SMILES string of the molecule is O=C(NCCCc1ccccc1)c1nnc(C(=O)Nc2cccc(Cl)c2)s1. The molecule has 1 aromatic heterocycles. The highest BCUT2D eigenvalue weighted by Crippen LogP contribution is 2.17. The Bertz CT molecular complexity index is 930. The maximum absolute atomic E-state index is 12.2. The molecular formula is C19H17ClN4O2S. The second-order valence-corrected chi connectivity index (χ2v) is 7.14. The number of benzene rings is 2. The van der Waals surface area contributed by atoms with Crippen molar-refractivity contribution in [2.45, 2.75) is 12.8 Å². The van der Waals surface area contributed by atoms with Gasteiger partial charge >= 0.3 is 0 Å². The summed E-state index contributed by atoms with van der Waals surface area (Å²) >= 11 is 6.84. The van der Waals surface area contributed by atoms with Gasteiger partial charge in [0.15, 0.2) is 0 Å². The van der Waals surface area contributed by atoms with Crippen molar-refractivity contribution >= 4 is 40.4 Å². The maximum atomic E-state index is 12.2. The highest BCUT2D eigenvalue weighted by molar-refractivity contribution is 7.15. The van der Waals surface area contributed by atoms with Gasteiger partial charge in [0.1, 0.15) is 0 Å². The molecule has 2 aromatic carbocycles. The van der Waals surface area contributed by atoms with Gasteiger partial charge in [-0.05, 0) is 36.6 Å². The van der Waals surface area contributed by atoms with Gasteiger partial charge in [-0.2, -0.15) is 0 Å². The molecule has 0 fully saturated rings. The predicted molar refractivity (Wildman–Crippen MR) is 106 cm³/mol. The fourth-order valence-electron chi connectivity index (χ4n) is 2.37. The van der Waals surface area contributed by atoms with E-state index in [-0.39, 0.29) is 15.9 Å². The summed E-state index contributed by atoms with van der Waals surface area (Å²) in [5.41, 5.74) is 1.78.